The minimum atomic E-state index is -0.729. The molecule has 5 rings (SSSR count). The standard InChI is InChI=1S/C27H28F2N2O2/c1-3-33-25-13-17(7-12-23(25)29)26(32)22-6-4-5-19-14-24-18(15-27(19,22)2)16-30-31(24)21-10-8-20(28)9-11-21/h7-14,16,22,26,32H,3-6,15H2,1-2H3/t22-,26+,27+/m1/s1. The maximum Gasteiger partial charge on any atom is 0.165 e. The Labute approximate surface area is 192 Å². The summed E-state index contributed by atoms with van der Waals surface area (Å²) in [4.78, 5) is 0. The number of aliphatic hydroxyl groups excluding tert-OH is 1. The molecular weight excluding hydrogens is 422 g/mol. The molecule has 4 nitrogen and oxygen atoms in total. The van der Waals surface area contributed by atoms with Gasteiger partial charge in [0.2, 0.25) is 0 Å². The molecule has 172 valence electrons. The maximum atomic E-state index is 14.1. The molecule has 1 N–H and O–H groups in total. The lowest BCUT2D eigenvalue weighted by atomic mass is 9.57. The topological polar surface area (TPSA) is 47.3 Å². The van der Waals surface area contributed by atoms with Gasteiger partial charge in [-0.1, -0.05) is 18.6 Å². The van der Waals surface area contributed by atoms with Gasteiger partial charge in [-0.15, -0.1) is 0 Å². The number of nitrogens with zero attached hydrogens (tertiary/aromatic N) is 2. The molecule has 6 heteroatoms. The molecule has 0 aliphatic heterocycles. The molecule has 33 heavy (non-hydrogen) atoms. The Bertz CT molecular complexity index is 1200. The summed E-state index contributed by atoms with van der Waals surface area (Å²) in [7, 11) is 0. The summed E-state index contributed by atoms with van der Waals surface area (Å²) >= 11 is 0. The number of aliphatic hydroxyl groups is 1. The van der Waals surface area contributed by atoms with Gasteiger partial charge in [0.1, 0.15) is 5.82 Å². The summed E-state index contributed by atoms with van der Waals surface area (Å²) in [5, 5.41) is 16.0. The smallest absolute Gasteiger partial charge is 0.165 e. The van der Waals surface area contributed by atoms with E-state index in [0.29, 0.717) is 12.2 Å². The highest BCUT2D eigenvalue weighted by atomic mass is 19.1. The first kappa shape index (κ1) is 21.8. The largest absolute Gasteiger partial charge is 0.491 e. The summed E-state index contributed by atoms with van der Waals surface area (Å²) in [5.41, 5.74) is 4.69. The molecule has 0 spiro atoms. The van der Waals surface area contributed by atoms with Crippen molar-refractivity contribution in [3.8, 4) is 11.4 Å². The minimum Gasteiger partial charge on any atom is -0.491 e. The van der Waals surface area contributed by atoms with Crippen LogP contribution in [0.15, 0.2) is 54.2 Å². The van der Waals surface area contributed by atoms with Crippen LogP contribution in [0.3, 0.4) is 0 Å². The summed E-state index contributed by atoms with van der Waals surface area (Å²) < 4.78 is 34.8. The summed E-state index contributed by atoms with van der Waals surface area (Å²) in [6, 6.07) is 11.0. The summed E-state index contributed by atoms with van der Waals surface area (Å²) in [6.45, 7) is 4.40. The number of benzene rings is 2. The molecule has 0 saturated heterocycles. The van der Waals surface area contributed by atoms with Crippen LogP contribution in [0, 0.1) is 23.0 Å². The lowest BCUT2D eigenvalue weighted by Gasteiger charge is -2.47. The van der Waals surface area contributed by atoms with Crippen molar-refractivity contribution in [2.24, 2.45) is 11.3 Å². The quantitative estimate of drug-likeness (QED) is 0.516. The molecule has 3 aromatic rings. The second kappa shape index (κ2) is 8.41. The van der Waals surface area contributed by atoms with E-state index in [4.69, 9.17) is 4.74 Å². The number of hydrogen-bond donors (Lipinski definition) is 1. The number of hydrogen-bond acceptors (Lipinski definition) is 3. The molecule has 1 heterocycles. The zero-order valence-electron chi connectivity index (χ0n) is 18.9. The highest BCUT2D eigenvalue weighted by molar-refractivity contribution is 5.61. The van der Waals surface area contributed by atoms with E-state index in [1.165, 1.54) is 23.8 Å². The van der Waals surface area contributed by atoms with Crippen LogP contribution in [-0.4, -0.2) is 21.5 Å². The van der Waals surface area contributed by atoms with E-state index in [1.807, 2.05) is 17.8 Å². The van der Waals surface area contributed by atoms with Crippen molar-refractivity contribution in [1.82, 2.24) is 9.78 Å². The second-order valence-electron chi connectivity index (χ2n) is 9.27. The molecule has 3 atom stereocenters. The Hall–Kier alpha value is -2.99. The van der Waals surface area contributed by atoms with Gasteiger partial charge in [0.15, 0.2) is 11.6 Å². The molecule has 0 amide bonds. The van der Waals surface area contributed by atoms with Crippen LogP contribution in [0.25, 0.3) is 11.8 Å². The van der Waals surface area contributed by atoms with Gasteiger partial charge in [0.05, 0.1) is 30.3 Å². The average Bonchev–Trinajstić information content (AvgIpc) is 3.20. The van der Waals surface area contributed by atoms with Crippen LogP contribution in [0.5, 0.6) is 5.75 Å². The molecule has 0 radical (unpaired) electrons. The Kier molecular flexibility index (Phi) is 5.57. The molecular formula is C27H28F2N2O2. The van der Waals surface area contributed by atoms with Crippen molar-refractivity contribution in [2.45, 2.75) is 45.6 Å². The third kappa shape index (κ3) is 3.76. The number of rotatable bonds is 5. The first-order valence-electron chi connectivity index (χ1n) is 11.5. The first-order chi connectivity index (χ1) is 15.9. The van der Waals surface area contributed by atoms with Gasteiger partial charge in [-0.05, 0) is 97.5 Å². The van der Waals surface area contributed by atoms with E-state index in [9.17, 15) is 13.9 Å². The highest BCUT2D eigenvalue weighted by Crippen LogP contribution is 2.55. The number of ether oxygens (including phenoxy) is 1. The fourth-order valence-electron chi connectivity index (χ4n) is 5.58. The van der Waals surface area contributed by atoms with E-state index in [0.717, 1.165) is 42.6 Å². The number of allylic oxidation sites excluding steroid dienone is 1. The third-order valence-corrected chi connectivity index (χ3v) is 7.32. The Morgan fingerprint density at radius 2 is 2.00 bits per heavy atom. The van der Waals surface area contributed by atoms with E-state index in [2.05, 4.69) is 18.1 Å². The van der Waals surface area contributed by atoms with Crippen molar-refractivity contribution >= 4 is 6.08 Å². The van der Waals surface area contributed by atoms with Gasteiger partial charge >= 0.3 is 0 Å². The molecule has 1 fully saturated rings. The molecule has 0 unspecified atom stereocenters. The third-order valence-electron chi connectivity index (χ3n) is 7.32. The normalized spacial score (nSPS) is 22.8. The fraction of sp³-hybridized carbons (Fsp3) is 0.370. The Morgan fingerprint density at radius 3 is 2.76 bits per heavy atom. The van der Waals surface area contributed by atoms with E-state index in [1.54, 1.807) is 24.3 Å². The first-order valence-corrected chi connectivity index (χ1v) is 11.5. The van der Waals surface area contributed by atoms with Crippen molar-refractivity contribution in [1.29, 1.82) is 0 Å². The number of halogens is 2. The van der Waals surface area contributed by atoms with Gasteiger partial charge in [-0.2, -0.15) is 5.10 Å². The predicted octanol–water partition coefficient (Wildman–Crippen LogP) is 6.03. The van der Waals surface area contributed by atoms with Crippen molar-refractivity contribution < 1.29 is 18.6 Å². The van der Waals surface area contributed by atoms with Gasteiger partial charge in [-0.3, -0.25) is 0 Å². The lowest BCUT2D eigenvalue weighted by molar-refractivity contribution is 0.0215. The van der Waals surface area contributed by atoms with Crippen LogP contribution in [0.1, 0.15) is 56.0 Å². The van der Waals surface area contributed by atoms with Crippen LogP contribution in [0.4, 0.5) is 8.78 Å². The van der Waals surface area contributed by atoms with Crippen LogP contribution in [0.2, 0.25) is 0 Å². The van der Waals surface area contributed by atoms with E-state index >= 15 is 0 Å². The van der Waals surface area contributed by atoms with Crippen LogP contribution in [-0.2, 0) is 6.42 Å². The van der Waals surface area contributed by atoms with Gasteiger partial charge in [-0.25, -0.2) is 13.5 Å². The maximum absolute atomic E-state index is 14.1. The van der Waals surface area contributed by atoms with Crippen LogP contribution >= 0.6 is 0 Å². The molecule has 2 aromatic carbocycles. The number of fused-ring (bicyclic) bond motifs is 2. The zero-order valence-corrected chi connectivity index (χ0v) is 18.9. The van der Waals surface area contributed by atoms with Crippen molar-refractivity contribution in [2.75, 3.05) is 6.61 Å². The fourth-order valence-corrected chi connectivity index (χ4v) is 5.58. The monoisotopic (exact) mass is 450 g/mol. The van der Waals surface area contributed by atoms with Crippen LogP contribution < -0.4 is 4.74 Å². The van der Waals surface area contributed by atoms with E-state index in [-0.39, 0.29) is 22.9 Å². The van der Waals surface area contributed by atoms with Crippen molar-refractivity contribution in [3.63, 3.8) is 0 Å². The molecule has 2 aliphatic rings. The second-order valence-corrected chi connectivity index (χ2v) is 9.27. The van der Waals surface area contributed by atoms with Crippen molar-refractivity contribution in [3.05, 3.63) is 82.7 Å². The molecule has 2 aliphatic carbocycles. The zero-order chi connectivity index (χ0) is 23.2. The minimum absolute atomic E-state index is 0.0141. The Balaban J connectivity index is 1.49. The predicted molar refractivity (Wildman–Crippen MR) is 123 cm³/mol. The average molecular weight is 451 g/mol. The molecule has 0 bridgehead atoms. The highest BCUT2D eigenvalue weighted by Gasteiger charge is 2.46. The van der Waals surface area contributed by atoms with Gasteiger partial charge in [0.25, 0.3) is 0 Å². The van der Waals surface area contributed by atoms with E-state index < -0.39 is 11.9 Å². The van der Waals surface area contributed by atoms with Gasteiger partial charge < -0.3 is 9.84 Å². The van der Waals surface area contributed by atoms with Gasteiger partial charge in [0, 0.05) is 0 Å². The lowest BCUT2D eigenvalue weighted by Crippen LogP contribution is -2.40. The summed E-state index contributed by atoms with van der Waals surface area (Å²) in [6.07, 6.45) is 6.93. The SMILES string of the molecule is CCOc1cc([C@H](O)[C@H]2CCCC3=Cc4c(cnn4-c4ccc(F)cc4)C[C@@]32C)ccc1F. The molecule has 1 aromatic heterocycles. The molecule has 1 saturated carbocycles. The Morgan fingerprint density at radius 1 is 1.21 bits per heavy atom. The number of aromatic nitrogens is 2. The summed E-state index contributed by atoms with van der Waals surface area (Å²) in [5.74, 6) is -0.529.